The van der Waals surface area contributed by atoms with Crippen molar-refractivity contribution in [3.63, 3.8) is 0 Å². The van der Waals surface area contributed by atoms with E-state index in [1.165, 1.54) is 18.5 Å². The van der Waals surface area contributed by atoms with Crippen molar-refractivity contribution in [2.45, 2.75) is 18.8 Å². The molecule has 0 N–H and O–H groups in total. The van der Waals surface area contributed by atoms with Gasteiger partial charge in [0.05, 0.1) is 48.2 Å². The highest BCUT2D eigenvalue weighted by atomic mass is 16.5. The van der Waals surface area contributed by atoms with Crippen molar-refractivity contribution < 1.29 is 4.74 Å². The molecule has 1 aliphatic rings. The number of methoxy groups -OCH3 is 1. The predicted molar refractivity (Wildman–Crippen MR) is 125 cm³/mol. The zero-order valence-corrected chi connectivity index (χ0v) is 18.4. The Hall–Kier alpha value is -4.31. The van der Waals surface area contributed by atoms with Gasteiger partial charge in [-0.3, -0.25) is 4.68 Å². The van der Waals surface area contributed by atoms with Crippen LogP contribution in [0.4, 0.5) is 0 Å². The van der Waals surface area contributed by atoms with Gasteiger partial charge in [-0.2, -0.15) is 15.3 Å². The molecule has 0 saturated heterocycles. The first-order valence-electron chi connectivity index (χ1n) is 10.9. The molecule has 1 aliphatic carbocycles. The van der Waals surface area contributed by atoms with Crippen LogP contribution in [0.15, 0.2) is 67.4 Å². The van der Waals surface area contributed by atoms with Crippen LogP contribution in [0.3, 0.4) is 0 Å². The molecule has 4 heterocycles. The van der Waals surface area contributed by atoms with Crippen molar-refractivity contribution in [1.29, 1.82) is 0 Å². The molecule has 0 amide bonds. The molecular formula is C26H22N6O. The van der Waals surface area contributed by atoms with Crippen LogP contribution in [0.2, 0.25) is 0 Å². The molecule has 0 aliphatic heterocycles. The smallest absolute Gasteiger partial charge is 0.146 e. The quantitative estimate of drug-likeness (QED) is 0.398. The normalized spacial score (nSPS) is 13.2. The maximum Gasteiger partial charge on any atom is 0.146 e. The first-order chi connectivity index (χ1) is 16.2. The van der Waals surface area contributed by atoms with Gasteiger partial charge in [0.2, 0.25) is 0 Å². The first kappa shape index (κ1) is 19.4. The van der Waals surface area contributed by atoms with Gasteiger partial charge in [-0.15, -0.1) is 0 Å². The topological polar surface area (TPSA) is 62.2 Å². The van der Waals surface area contributed by atoms with Gasteiger partial charge in [0.15, 0.2) is 0 Å². The lowest BCUT2D eigenvalue weighted by atomic mass is 10.1. The van der Waals surface area contributed by atoms with Crippen LogP contribution in [0.5, 0.6) is 5.75 Å². The molecule has 1 aromatic carbocycles. The Morgan fingerprint density at radius 3 is 2.42 bits per heavy atom. The predicted octanol–water partition coefficient (Wildman–Crippen LogP) is 4.21. The number of hydrogen-bond acceptors (Lipinski definition) is 4. The van der Waals surface area contributed by atoms with Gasteiger partial charge in [0.1, 0.15) is 11.3 Å². The van der Waals surface area contributed by atoms with E-state index in [1.54, 1.807) is 18.0 Å². The number of rotatable bonds is 4. The summed E-state index contributed by atoms with van der Waals surface area (Å²) < 4.78 is 11.3. The standard InChI is InChI=1S/C26H22N6O/c1-30-16-22(15-27-30)21-12-24(33-2)26-20(13-28-31(26)17-21)11-10-19-14-29-32(25(19)18-8-9-18)23-6-4-3-5-7-23/h3-7,12-18H,8-9H2,1-2H3. The van der Waals surface area contributed by atoms with Crippen molar-refractivity contribution in [3.8, 4) is 34.4 Å². The van der Waals surface area contributed by atoms with Crippen molar-refractivity contribution in [1.82, 2.24) is 29.2 Å². The average molecular weight is 435 g/mol. The molecule has 1 fully saturated rings. The third-order valence-electron chi connectivity index (χ3n) is 5.94. The van der Waals surface area contributed by atoms with E-state index < -0.39 is 0 Å². The summed E-state index contributed by atoms with van der Waals surface area (Å²) in [5.74, 6) is 7.93. The third-order valence-corrected chi connectivity index (χ3v) is 5.94. The zero-order chi connectivity index (χ0) is 22.4. The van der Waals surface area contributed by atoms with Gasteiger partial charge in [0.25, 0.3) is 0 Å². The van der Waals surface area contributed by atoms with E-state index in [4.69, 9.17) is 4.74 Å². The van der Waals surface area contributed by atoms with Gasteiger partial charge in [0, 0.05) is 36.5 Å². The molecular weight excluding hydrogens is 412 g/mol. The number of nitrogens with zero attached hydrogens (tertiary/aromatic N) is 6. The van der Waals surface area contributed by atoms with E-state index in [-0.39, 0.29) is 0 Å². The fraction of sp³-hybridized carbons (Fsp3) is 0.192. The summed E-state index contributed by atoms with van der Waals surface area (Å²) in [6.45, 7) is 0. The fourth-order valence-corrected chi connectivity index (χ4v) is 4.17. The summed E-state index contributed by atoms with van der Waals surface area (Å²) >= 11 is 0. The summed E-state index contributed by atoms with van der Waals surface area (Å²) in [7, 11) is 3.57. The van der Waals surface area contributed by atoms with Crippen LogP contribution < -0.4 is 4.74 Å². The van der Waals surface area contributed by atoms with Crippen molar-refractivity contribution in [2.24, 2.45) is 7.05 Å². The van der Waals surface area contributed by atoms with Crippen LogP contribution in [0.25, 0.3) is 22.3 Å². The van der Waals surface area contributed by atoms with E-state index >= 15 is 0 Å². The highest BCUT2D eigenvalue weighted by molar-refractivity contribution is 5.75. The molecule has 4 aromatic heterocycles. The van der Waals surface area contributed by atoms with Gasteiger partial charge in [-0.1, -0.05) is 30.0 Å². The third kappa shape index (κ3) is 3.46. The molecule has 0 unspecified atom stereocenters. The summed E-state index contributed by atoms with van der Waals surface area (Å²) in [6.07, 6.45) is 11.8. The molecule has 7 nitrogen and oxygen atoms in total. The number of aromatic nitrogens is 6. The number of hydrogen-bond donors (Lipinski definition) is 0. The summed E-state index contributed by atoms with van der Waals surface area (Å²) in [4.78, 5) is 0. The average Bonchev–Trinajstić information content (AvgIpc) is 3.24. The Morgan fingerprint density at radius 1 is 0.909 bits per heavy atom. The number of aryl methyl sites for hydroxylation is 1. The number of para-hydroxylation sites is 1. The highest BCUT2D eigenvalue weighted by Gasteiger charge is 2.30. The van der Waals surface area contributed by atoms with E-state index in [0.717, 1.165) is 39.2 Å². The van der Waals surface area contributed by atoms with Crippen molar-refractivity contribution in [3.05, 3.63) is 84.2 Å². The maximum atomic E-state index is 5.71. The SMILES string of the molecule is COc1cc(-c2cnn(C)c2)cn2ncc(C#Cc3cnn(-c4ccccc4)c3C3CC3)c12. The molecule has 5 aromatic rings. The van der Waals surface area contributed by atoms with Gasteiger partial charge >= 0.3 is 0 Å². The van der Waals surface area contributed by atoms with Crippen LogP contribution >= 0.6 is 0 Å². The van der Waals surface area contributed by atoms with E-state index in [9.17, 15) is 0 Å². The second-order valence-electron chi connectivity index (χ2n) is 8.27. The number of fused-ring (bicyclic) bond motifs is 1. The Kier molecular flexibility index (Phi) is 4.51. The molecule has 0 radical (unpaired) electrons. The molecule has 6 rings (SSSR count). The number of benzene rings is 1. The molecule has 1 saturated carbocycles. The summed E-state index contributed by atoms with van der Waals surface area (Å²) in [6, 6.07) is 12.2. The van der Waals surface area contributed by atoms with E-state index in [1.807, 2.05) is 65.3 Å². The van der Waals surface area contributed by atoms with Crippen molar-refractivity contribution in [2.75, 3.05) is 7.11 Å². The zero-order valence-electron chi connectivity index (χ0n) is 18.4. The lowest BCUT2D eigenvalue weighted by molar-refractivity contribution is 0.417. The molecule has 0 atom stereocenters. The Balaban J connectivity index is 1.42. The molecule has 0 spiro atoms. The van der Waals surface area contributed by atoms with Crippen molar-refractivity contribution >= 4 is 5.52 Å². The molecule has 7 heteroatoms. The lowest BCUT2D eigenvalue weighted by Gasteiger charge is -2.07. The fourth-order valence-electron chi connectivity index (χ4n) is 4.17. The van der Waals surface area contributed by atoms with Crippen LogP contribution in [0.1, 0.15) is 35.6 Å². The van der Waals surface area contributed by atoms with Crippen LogP contribution in [0, 0.1) is 11.8 Å². The second-order valence-corrected chi connectivity index (χ2v) is 8.27. The van der Waals surface area contributed by atoms with Crippen LogP contribution in [-0.2, 0) is 7.05 Å². The minimum Gasteiger partial charge on any atom is -0.494 e. The molecule has 162 valence electrons. The van der Waals surface area contributed by atoms with E-state index in [2.05, 4.69) is 39.3 Å². The highest BCUT2D eigenvalue weighted by Crippen LogP contribution is 2.42. The minimum atomic E-state index is 0.512. The Labute approximate surface area is 191 Å². The Bertz CT molecular complexity index is 1530. The van der Waals surface area contributed by atoms with Gasteiger partial charge < -0.3 is 4.74 Å². The second kappa shape index (κ2) is 7.68. The summed E-state index contributed by atoms with van der Waals surface area (Å²) in [5.41, 5.74) is 6.87. The van der Waals surface area contributed by atoms with Crippen LogP contribution in [-0.4, -0.2) is 36.3 Å². The van der Waals surface area contributed by atoms with E-state index in [0.29, 0.717) is 5.92 Å². The lowest BCUT2D eigenvalue weighted by Crippen LogP contribution is -2.01. The molecule has 0 bridgehead atoms. The summed E-state index contributed by atoms with van der Waals surface area (Å²) in [5, 5.41) is 13.5. The van der Waals surface area contributed by atoms with Gasteiger partial charge in [-0.25, -0.2) is 9.20 Å². The first-order valence-corrected chi connectivity index (χ1v) is 10.9. The minimum absolute atomic E-state index is 0.512. The molecule has 33 heavy (non-hydrogen) atoms. The largest absolute Gasteiger partial charge is 0.494 e. The Morgan fingerprint density at radius 2 is 1.70 bits per heavy atom. The number of ether oxygens (including phenoxy) is 1. The number of pyridine rings is 1. The maximum absolute atomic E-state index is 5.71. The van der Waals surface area contributed by atoms with Gasteiger partial charge in [-0.05, 0) is 31.0 Å². The monoisotopic (exact) mass is 434 g/mol.